The van der Waals surface area contributed by atoms with Gasteiger partial charge in [-0.05, 0) is 32.0 Å². The topological polar surface area (TPSA) is 74.7 Å². The third-order valence-electron chi connectivity index (χ3n) is 3.71. The second-order valence-electron chi connectivity index (χ2n) is 5.47. The van der Waals surface area contributed by atoms with E-state index in [-0.39, 0.29) is 0 Å². The lowest BCUT2D eigenvalue weighted by Gasteiger charge is -2.26. The Morgan fingerprint density at radius 3 is 2.96 bits per heavy atom. The van der Waals surface area contributed by atoms with Gasteiger partial charge in [-0.25, -0.2) is 15.0 Å². The number of hydrogen-bond donors (Lipinski definition) is 3. The second-order valence-corrected chi connectivity index (χ2v) is 5.92. The van der Waals surface area contributed by atoms with E-state index < -0.39 is 0 Å². The van der Waals surface area contributed by atoms with Crippen molar-refractivity contribution in [3.63, 3.8) is 0 Å². The van der Waals surface area contributed by atoms with Crippen LogP contribution in [0.25, 0.3) is 10.9 Å². The predicted octanol–water partition coefficient (Wildman–Crippen LogP) is 1.85. The highest BCUT2D eigenvalue weighted by Crippen LogP contribution is 2.22. The zero-order chi connectivity index (χ0) is 16.9. The Kier molecular flexibility index (Phi) is 5.37. The van der Waals surface area contributed by atoms with Gasteiger partial charge in [0, 0.05) is 17.7 Å². The van der Waals surface area contributed by atoms with Crippen LogP contribution in [0.2, 0.25) is 0 Å². The lowest BCUT2D eigenvalue weighted by atomic mass is 10.2. The summed E-state index contributed by atoms with van der Waals surface area (Å²) in [6.45, 7) is 6.85. The third kappa shape index (κ3) is 3.88. The normalized spacial score (nSPS) is 15.0. The molecule has 24 heavy (non-hydrogen) atoms. The van der Waals surface area contributed by atoms with Crippen molar-refractivity contribution in [1.82, 2.24) is 20.2 Å². The molecule has 2 heterocycles. The summed E-state index contributed by atoms with van der Waals surface area (Å²) in [7, 11) is 0. The average Bonchev–Trinajstić information content (AvgIpc) is 2.58. The Morgan fingerprint density at radius 2 is 2.25 bits per heavy atom. The molecule has 8 heteroatoms. The van der Waals surface area contributed by atoms with E-state index in [1.54, 1.807) is 0 Å². The van der Waals surface area contributed by atoms with E-state index in [9.17, 15) is 0 Å². The number of fused-ring (bicyclic) bond motifs is 1. The summed E-state index contributed by atoms with van der Waals surface area (Å²) in [6.07, 6.45) is 0. The SMILES string of the molecule is CCOc1ccc2nc(NC3=NCN(CCS)CN3)nc(C)c2c1. The van der Waals surface area contributed by atoms with Gasteiger partial charge in [0.25, 0.3) is 0 Å². The molecule has 0 bridgehead atoms. The molecule has 7 nitrogen and oxygen atoms in total. The van der Waals surface area contributed by atoms with Crippen molar-refractivity contribution in [1.29, 1.82) is 0 Å². The maximum absolute atomic E-state index is 5.54. The number of rotatable bonds is 5. The zero-order valence-corrected chi connectivity index (χ0v) is 14.8. The van der Waals surface area contributed by atoms with Crippen molar-refractivity contribution in [3.05, 3.63) is 23.9 Å². The van der Waals surface area contributed by atoms with Crippen LogP contribution < -0.4 is 15.4 Å². The Balaban J connectivity index is 1.77. The first kappa shape index (κ1) is 16.8. The van der Waals surface area contributed by atoms with Crippen LogP contribution in [0, 0.1) is 6.92 Å². The maximum Gasteiger partial charge on any atom is 0.230 e. The number of thiol groups is 1. The molecule has 0 spiro atoms. The van der Waals surface area contributed by atoms with Crippen LogP contribution >= 0.6 is 12.6 Å². The minimum absolute atomic E-state index is 0.540. The van der Waals surface area contributed by atoms with E-state index in [2.05, 4.69) is 43.1 Å². The van der Waals surface area contributed by atoms with E-state index in [4.69, 9.17) is 4.74 Å². The van der Waals surface area contributed by atoms with Crippen molar-refractivity contribution < 1.29 is 4.74 Å². The van der Waals surface area contributed by atoms with Gasteiger partial charge >= 0.3 is 0 Å². The molecule has 3 rings (SSSR count). The van der Waals surface area contributed by atoms with Gasteiger partial charge in [-0.15, -0.1) is 0 Å². The molecule has 128 valence electrons. The molecule has 2 N–H and O–H groups in total. The van der Waals surface area contributed by atoms with Crippen LogP contribution in [0.5, 0.6) is 5.75 Å². The van der Waals surface area contributed by atoms with Crippen molar-refractivity contribution in [2.24, 2.45) is 4.99 Å². The Bertz CT molecular complexity index is 751. The number of aryl methyl sites for hydroxylation is 1. The minimum atomic E-state index is 0.540. The van der Waals surface area contributed by atoms with E-state index in [1.807, 2.05) is 32.0 Å². The monoisotopic (exact) mass is 346 g/mol. The molecule has 1 aliphatic rings. The van der Waals surface area contributed by atoms with E-state index in [0.717, 1.165) is 41.3 Å². The lowest BCUT2D eigenvalue weighted by molar-refractivity contribution is 0.282. The van der Waals surface area contributed by atoms with Gasteiger partial charge in [0.05, 0.1) is 31.2 Å². The van der Waals surface area contributed by atoms with Gasteiger partial charge in [0.15, 0.2) is 0 Å². The number of benzene rings is 1. The maximum atomic E-state index is 5.54. The summed E-state index contributed by atoms with van der Waals surface area (Å²) in [5.41, 5.74) is 1.78. The number of aromatic nitrogens is 2. The molecule has 0 amide bonds. The fraction of sp³-hybridized carbons (Fsp3) is 0.438. The highest BCUT2D eigenvalue weighted by Gasteiger charge is 2.13. The van der Waals surface area contributed by atoms with Crippen LogP contribution in [0.4, 0.5) is 5.95 Å². The molecule has 0 unspecified atom stereocenters. The highest BCUT2D eigenvalue weighted by atomic mass is 32.1. The fourth-order valence-corrected chi connectivity index (χ4v) is 2.80. The van der Waals surface area contributed by atoms with Gasteiger partial charge in [0.2, 0.25) is 11.9 Å². The number of ether oxygens (including phenoxy) is 1. The van der Waals surface area contributed by atoms with Crippen molar-refractivity contribution in [2.45, 2.75) is 13.8 Å². The lowest BCUT2D eigenvalue weighted by Crippen LogP contribution is -2.46. The minimum Gasteiger partial charge on any atom is -0.494 e. The van der Waals surface area contributed by atoms with Crippen LogP contribution in [0.1, 0.15) is 12.6 Å². The standard InChI is InChI=1S/C16H22N6OS/c1-3-23-12-4-5-14-13(8-12)11(2)19-16(20-14)21-15-17-9-22(6-7-24)10-18-15/h4-5,8,24H,3,6-7,9-10H2,1-2H3,(H2,17,18,19,20,21). The second kappa shape index (κ2) is 7.67. The quantitative estimate of drug-likeness (QED) is 0.718. The number of guanidine groups is 1. The molecular formula is C16H22N6OS. The summed E-state index contributed by atoms with van der Waals surface area (Å²) in [5, 5.41) is 7.37. The van der Waals surface area contributed by atoms with Crippen LogP contribution in [0.3, 0.4) is 0 Å². The van der Waals surface area contributed by atoms with Gasteiger partial charge in [0.1, 0.15) is 5.75 Å². The van der Waals surface area contributed by atoms with Gasteiger partial charge in [-0.2, -0.15) is 12.6 Å². The number of nitrogens with zero attached hydrogens (tertiary/aromatic N) is 4. The summed E-state index contributed by atoms with van der Waals surface area (Å²) >= 11 is 4.24. The van der Waals surface area contributed by atoms with E-state index in [0.29, 0.717) is 25.2 Å². The first-order chi connectivity index (χ1) is 11.7. The number of anilines is 1. The summed E-state index contributed by atoms with van der Waals surface area (Å²) < 4.78 is 5.54. The molecule has 1 aromatic heterocycles. The van der Waals surface area contributed by atoms with Gasteiger partial charge in [-0.1, -0.05) is 0 Å². The molecular weight excluding hydrogens is 324 g/mol. The number of aliphatic imine (C=N–C) groups is 1. The molecule has 0 aliphatic carbocycles. The molecule has 0 saturated heterocycles. The predicted molar refractivity (Wildman–Crippen MR) is 99.9 cm³/mol. The van der Waals surface area contributed by atoms with Crippen LogP contribution in [0.15, 0.2) is 23.2 Å². The fourth-order valence-electron chi connectivity index (χ4n) is 2.52. The van der Waals surface area contributed by atoms with Crippen molar-refractivity contribution in [3.8, 4) is 5.75 Å². The largest absolute Gasteiger partial charge is 0.494 e. The Morgan fingerprint density at radius 1 is 1.38 bits per heavy atom. The molecule has 0 fully saturated rings. The van der Waals surface area contributed by atoms with Gasteiger partial charge < -0.3 is 10.1 Å². The first-order valence-corrected chi connectivity index (χ1v) is 8.62. The Hall–Kier alpha value is -2.06. The third-order valence-corrected chi connectivity index (χ3v) is 3.91. The van der Waals surface area contributed by atoms with Crippen LogP contribution in [-0.4, -0.2) is 53.1 Å². The summed E-state index contributed by atoms with van der Waals surface area (Å²) in [5.74, 6) is 2.88. The molecule has 0 atom stereocenters. The van der Waals surface area contributed by atoms with Crippen molar-refractivity contribution >= 4 is 35.4 Å². The van der Waals surface area contributed by atoms with Crippen molar-refractivity contribution in [2.75, 3.05) is 37.6 Å². The van der Waals surface area contributed by atoms with E-state index >= 15 is 0 Å². The average molecular weight is 346 g/mol. The molecule has 1 aliphatic heterocycles. The number of nitrogens with one attached hydrogen (secondary N) is 2. The Labute approximate surface area is 146 Å². The smallest absolute Gasteiger partial charge is 0.230 e. The first-order valence-electron chi connectivity index (χ1n) is 7.99. The molecule has 0 saturated carbocycles. The molecule has 2 aromatic rings. The van der Waals surface area contributed by atoms with Gasteiger partial charge in [-0.3, -0.25) is 10.2 Å². The van der Waals surface area contributed by atoms with E-state index in [1.165, 1.54) is 0 Å². The summed E-state index contributed by atoms with van der Waals surface area (Å²) in [6, 6.07) is 5.85. The zero-order valence-electron chi connectivity index (χ0n) is 13.9. The molecule has 1 aromatic carbocycles. The highest BCUT2D eigenvalue weighted by molar-refractivity contribution is 7.80. The number of hydrogen-bond acceptors (Lipinski definition) is 8. The molecule has 0 radical (unpaired) electrons. The van der Waals surface area contributed by atoms with Crippen LogP contribution in [-0.2, 0) is 0 Å². The summed E-state index contributed by atoms with van der Waals surface area (Å²) in [4.78, 5) is 15.7.